The van der Waals surface area contributed by atoms with Gasteiger partial charge in [0, 0.05) is 17.9 Å². The van der Waals surface area contributed by atoms with E-state index in [1.807, 2.05) is 0 Å². The predicted molar refractivity (Wildman–Crippen MR) is 122 cm³/mol. The number of allylic oxidation sites excluding steroid dienone is 2. The molecule has 0 aliphatic carbocycles. The second kappa shape index (κ2) is 10.9. The van der Waals surface area contributed by atoms with Crippen molar-refractivity contribution in [2.45, 2.75) is 51.7 Å². The Morgan fingerprint density at radius 1 is 1.33 bits per heavy atom. The molecule has 0 saturated carbocycles. The van der Waals surface area contributed by atoms with Gasteiger partial charge in [0.2, 0.25) is 5.91 Å². The van der Waals surface area contributed by atoms with E-state index < -0.39 is 23.8 Å². The van der Waals surface area contributed by atoms with Gasteiger partial charge in [-0.2, -0.15) is 0 Å². The third kappa shape index (κ3) is 6.42. The van der Waals surface area contributed by atoms with Crippen LogP contribution < -0.4 is 5.42 Å². The second-order valence-corrected chi connectivity index (χ2v) is 9.10. The highest BCUT2D eigenvalue weighted by Crippen LogP contribution is 2.28. The first-order valence-corrected chi connectivity index (χ1v) is 11.4. The SMILES string of the molecule is [2H]N(C(=O)CCC1=COC2CCOC2=C1)N(C(=O)c1cc(Cl)ccc1Cl)[C@@H](CC(C)C)C(=O)O. The molecule has 3 rings (SSSR count). The van der Waals surface area contributed by atoms with Crippen LogP contribution in [-0.2, 0) is 19.1 Å². The lowest BCUT2D eigenvalue weighted by Crippen LogP contribution is -2.55. The van der Waals surface area contributed by atoms with Crippen LogP contribution in [0.15, 0.2) is 41.9 Å². The zero-order valence-corrected chi connectivity index (χ0v) is 19.8. The fourth-order valence-corrected chi connectivity index (χ4v) is 3.89. The first kappa shape index (κ1) is 23.4. The number of ether oxygens (including phenoxy) is 2. The second-order valence-electron chi connectivity index (χ2n) is 8.25. The molecule has 0 radical (unpaired) electrons. The zero-order valence-electron chi connectivity index (χ0n) is 19.3. The summed E-state index contributed by atoms with van der Waals surface area (Å²) in [6, 6.07) is 2.69. The van der Waals surface area contributed by atoms with Crippen LogP contribution in [0.2, 0.25) is 11.5 Å². The molecule has 1 unspecified atom stereocenters. The summed E-state index contributed by atoms with van der Waals surface area (Å²) in [6.45, 7) is 4.12. The van der Waals surface area contributed by atoms with Crippen molar-refractivity contribution < 1.29 is 30.4 Å². The van der Waals surface area contributed by atoms with Gasteiger partial charge in [0.1, 0.15) is 5.76 Å². The molecule has 0 aromatic heterocycles. The number of nitrogens with zero attached hydrogens (tertiary/aromatic N) is 1. The number of fused-ring (bicyclic) bond motifs is 1. The normalized spacial score (nSPS) is 18.2. The van der Waals surface area contributed by atoms with E-state index in [0.717, 1.165) is 6.42 Å². The van der Waals surface area contributed by atoms with E-state index in [9.17, 15) is 19.5 Å². The maximum atomic E-state index is 13.4. The van der Waals surface area contributed by atoms with E-state index in [-0.39, 0.29) is 46.9 Å². The van der Waals surface area contributed by atoms with Gasteiger partial charge in [-0.05, 0) is 48.6 Å². The number of hydrogen-bond acceptors (Lipinski definition) is 5. The minimum atomic E-state index is -1.46. The van der Waals surface area contributed by atoms with E-state index in [0.29, 0.717) is 28.4 Å². The van der Waals surface area contributed by atoms with Gasteiger partial charge in [0.25, 0.3) is 5.91 Å². The van der Waals surface area contributed by atoms with Gasteiger partial charge in [-0.25, -0.2) is 9.80 Å². The van der Waals surface area contributed by atoms with Gasteiger partial charge in [-0.1, -0.05) is 37.0 Å². The molecule has 2 heterocycles. The number of hydrogen-bond donors (Lipinski definition) is 2. The third-order valence-electron chi connectivity index (χ3n) is 5.17. The van der Waals surface area contributed by atoms with Gasteiger partial charge >= 0.3 is 5.97 Å². The Morgan fingerprint density at radius 3 is 2.79 bits per heavy atom. The van der Waals surface area contributed by atoms with E-state index in [1.54, 1.807) is 26.2 Å². The molecule has 1 fully saturated rings. The summed E-state index contributed by atoms with van der Waals surface area (Å²) in [5.41, 5.74) is 0.905. The van der Waals surface area contributed by atoms with Crippen LogP contribution in [0.5, 0.6) is 0 Å². The number of halogens is 2. The van der Waals surface area contributed by atoms with Gasteiger partial charge in [0.05, 0.1) is 23.5 Å². The number of carbonyl (C=O) groups is 3. The molecular weight excluding hydrogens is 471 g/mol. The minimum absolute atomic E-state index is 0.0196. The molecule has 2 atom stereocenters. The van der Waals surface area contributed by atoms with Crippen LogP contribution in [0, 0.1) is 5.92 Å². The molecule has 1 saturated heterocycles. The molecule has 1 aromatic rings. The van der Waals surface area contributed by atoms with E-state index in [2.05, 4.69) is 0 Å². The Kier molecular flexibility index (Phi) is 7.77. The molecule has 2 amide bonds. The quantitative estimate of drug-likeness (QED) is 0.517. The molecule has 2 N–H and O–H groups in total. The van der Waals surface area contributed by atoms with Crippen molar-refractivity contribution in [3.05, 3.63) is 57.5 Å². The lowest BCUT2D eigenvalue weighted by atomic mass is 10.0. The summed E-state index contributed by atoms with van der Waals surface area (Å²) in [4.78, 5) is 38.4. The van der Waals surface area contributed by atoms with Crippen LogP contribution in [0.4, 0.5) is 0 Å². The molecule has 1 aromatic carbocycles. The van der Waals surface area contributed by atoms with E-state index in [1.165, 1.54) is 18.2 Å². The van der Waals surface area contributed by atoms with Crippen molar-refractivity contribution in [1.29, 1.82) is 0 Å². The number of benzene rings is 1. The van der Waals surface area contributed by atoms with Crippen molar-refractivity contribution in [3.63, 3.8) is 0 Å². The van der Waals surface area contributed by atoms with Crippen LogP contribution >= 0.6 is 23.2 Å². The molecule has 33 heavy (non-hydrogen) atoms. The lowest BCUT2D eigenvalue weighted by Gasteiger charge is -2.30. The Balaban J connectivity index is 1.83. The summed E-state index contributed by atoms with van der Waals surface area (Å²) in [5.74, 6) is -2.46. The zero-order chi connectivity index (χ0) is 25.0. The molecular formula is C23H26Cl2N2O6. The van der Waals surface area contributed by atoms with Crippen molar-refractivity contribution >= 4 is 41.0 Å². The maximum absolute atomic E-state index is 13.4. The summed E-state index contributed by atoms with van der Waals surface area (Å²) >= 11 is 12.2. The number of carboxylic acids is 1. The Hall–Kier alpha value is -2.71. The number of rotatable bonds is 8. The number of carboxylic acid groups (broad SMARTS) is 1. The first-order valence-electron chi connectivity index (χ1n) is 11.0. The van der Waals surface area contributed by atoms with Crippen molar-refractivity contribution in [3.8, 4) is 0 Å². The molecule has 0 bridgehead atoms. The molecule has 8 nitrogen and oxygen atoms in total. The highest BCUT2D eigenvalue weighted by Gasteiger charge is 2.34. The van der Waals surface area contributed by atoms with Gasteiger partial charge in [0.15, 0.2) is 13.6 Å². The Morgan fingerprint density at radius 2 is 2.09 bits per heavy atom. The largest absolute Gasteiger partial charge is 0.494 e. The maximum Gasteiger partial charge on any atom is 0.328 e. The summed E-state index contributed by atoms with van der Waals surface area (Å²) in [5, 5.41) is 10.7. The van der Waals surface area contributed by atoms with Gasteiger partial charge in [-0.3, -0.25) is 15.0 Å². The van der Waals surface area contributed by atoms with Gasteiger partial charge < -0.3 is 14.6 Å². The fraction of sp³-hybridized carbons (Fsp3) is 0.435. The topological polar surface area (TPSA) is 105 Å². The van der Waals surface area contributed by atoms with Crippen LogP contribution in [0.1, 0.15) is 49.9 Å². The number of amides is 2. The smallest absolute Gasteiger partial charge is 0.328 e. The standard InChI is InChI=1S/C23H26Cl2N2O6/c1-13(2)9-18(23(30)31)27(22(29)16-11-15(24)4-5-17(16)25)26-21(28)6-3-14-10-20-19(33-12-14)7-8-32-20/h4-5,10-13,18-19H,3,6-9H2,1-2H3,(H,26,28)(H,30,31)/t18-,19?/m0/s1/i/hD. The number of nitrogens with one attached hydrogen (secondary N) is 1. The number of aliphatic carboxylic acids is 1. The average molecular weight is 498 g/mol. The summed E-state index contributed by atoms with van der Waals surface area (Å²) in [6.07, 6.45) is 4.07. The van der Waals surface area contributed by atoms with Crippen LogP contribution in [-0.4, -0.2) is 46.7 Å². The first-order chi connectivity index (χ1) is 16.1. The summed E-state index contributed by atoms with van der Waals surface area (Å²) < 4.78 is 19.5. The van der Waals surface area contributed by atoms with Crippen LogP contribution in [0.25, 0.3) is 0 Å². The van der Waals surface area contributed by atoms with Gasteiger partial charge in [-0.15, -0.1) is 0 Å². The van der Waals surface area contributed by atoms with E-state index in [4.69, 9.17) is 34.1 Å². The monoisotopic (exact) mass is 497 g/mol. The number of hydrazine groups is 1. The molecule has 0 spiro atoms. The third-order valence-corrected chi connectivity index (χ3v) is 5.73. The number of carbonyl (C=O) groups excluding carboxylic acids is 2. The lowest BCUT2D eigenvalue weighted by molar-refractivity contribution is -0.145. The highest BCUT2D eigenvalue weighted by molar-refractivity contribution is 6.35. The highest BCUT2D eigenvalue weighted by atomic mass is 35.5. The fourth-order valence-electron chi connectivity index (χ4n) is 3.52. The van der Waals surface area contributed by atoms with Crippen LogP contribution in [0.3, 0.4) is 0 Å². The van der Waals surface area contributed by atoms with Crippen molar-refractivity contribution in [2.24, 2.45) is 5.92 Å². The predicted octanol–water partition coefficient (Wildman–Crippen LogP) is 4.33. The molecule has 10 heteroatoms. The van der Waals surface area contributed by atoms with E-state index >= 15 is 0 Å². The summed E-state index contributed by atoms with van der Waals surface area (Å²) in [7, 11) is 0. The molecule has 2 aliphatic rings. The Bertz CT molecular complexity index is 1030. The molecule has 178 valence electrons. The van der Waals surface area contributed by atoms with Crippen molar-refractivity contribution in [1.82, 2.24) is 10.4 Å². The average Bonchev–Trinajstić information content (AvgIpc) is 3.25. The van der Waals surface area contributed by atoms with Crippen molar-refractivity contribution in [2.75, 3.05) is 6.61 Å². The minimum Gasteiger partial charge on any atom is -0.494 e. The molecule has 2 aliphatic heterocycles. The Labute approximate surface area is 203 Å².